The van der Waals surface area contributed by atoms with Crippen LogP contribution in [0.25, 0.3) is 0 Å². The van der Waals surface area contributed by atoms with E-state index >= 15 is 0 Å². The van der Waals surface area contributed by atoms with Crippen LogP contribution in [0.2, 0.25) is 0 Å². The molecule has 0 aromatic heterocycles. The van der Waals surface area contributed by atoms with Crippen LogP contribution in [-0.2, 0) is 9.59 Å². The molecule has 1 aromatic rings. The van der Waals surface area contributed by atoms with Crippen molar-refractivity contribution in [3.8, 4) is 11.5 Å². The van der Waals surface area contributed by atoms with Gasteiger partial charge in [0.25, 0.3) is 0 Å². The smallest absolute Gasteiger partial charge is 0.239 e. The van der Waals surface area contributed by atoms with E-state index in [0.29, 0.717) is 17.2 Å². The maximum absolute atomic E-state index is 12.6. The molecule has 0 spiro atoms. The number of hydrogen-bond acceptors (Lipinski definition) is 4. The molecule has 2 amide bonds. The van der Waals surface area contributed by atoms with E-state index in [0.717, 1.165) is 25.7 Å². The molecule has 0 unspecified atom stereocenters. The number of amides is 2. The van der Waals surface area contributed by atoms with Gasteiger partial charge in [-0.05, 0) is 38.8 Å². The predicted octanol–water partition coefficient (Wildman–Crippen LogP) is 3.12. The molecule has 1 saturated carbocycles. The first-order chi connectivity index (χ1) is 11.9. The Kier molecular flexibility index (Phi) is 6.28. The maximum atomic E-state index is 12.6. The van der Waals surface area contributed by atoms with Gasteiger partial charge in [0.2, 0.25) is 11.8 Å². The van der Waals surface area contributed by atoms with Crippen LogP contribution in [-0.4, -0.2) is 32.1 Å². The van der Waals surface area contributed by atoms with Gasteiger partial charge in [0.05, 0.1) is 14.2 Å². The van der Waals surface area contributed by atoms with Crippen molar-refractivity contribution in [2.75, 3.05) is 19.5 Å². The van der Waals surface area contributed by atoms with Crippen LogP contribution < -0.4 is 20.1 Å². The summed E-state index contributed by atoms with van der Waals surface area (Å²) in [5.41, 5.74) is -0.605. The lowest BCUT2D eigenvalue weighted by molar-refractivity contribution is -0.139. The molecule has 0 saturated heterocycles. The molecule has 1 aliphatic rings. The SMILES string of the molecule is COc1ccc(NC(=O)C(C)(C)C(=O)NC2CCCCC2)cc1OC. The van der Waals surface area contributed by atoms with Crippen molar-refractivity contribution in [3.05, 3.63) is 18.2 Å². The van der Waals surface area contributed by atoms with E-state index in [1.807, 2.05) is 0 Å². The highest BCUT2D eigenvalue weighted by Crippen LogP contribution is 2.30. The lowest BCUT2D eigenvalue weighted by Crippen LogP contribution is -2.49. The molecule has 6 nitrogen and oxygen atoms in total. The van der Waals surface area contributed by atoms with Crippen LogP contribution in [0.5, 0.6) is 11.5 Å². The van der Waals surface area contributed by atoms with Crippen LogP contribution in [0.3, 0.4) is 0 Å². The first kappa shape index (κ1) is 19.1. The highest BCUT2D eigenvalue weighted by Gasteiger charge is 2.37. The summed E-state index contributed by atoms with van der Waals surface area (Å²) in [7, 11) is 3.08. The summed E-state index contributed by atoms with van der Waals surface area (Å²) in [5.74, 6) is 0.505. The van der Waals surface area contributed by atoms with E-state index < -0.39 is 5.41 Å². The van der Waals surface area contributed by atoms with E-state index in [4.69, 9.17) is 9.47 Å². The number of carbonyl (C=O) groups is 2. The summed E-state index contributed by atoms with van der Waals surface area (Å²) >= 11 is 0. The minimum atomic E-state index is -1.16. The predicted molar refractivity (Wildman–Crippen MR) is 97.0 cm³/mol. The average molecular weight is 348 g/mol. The van der Waals surface area contributed by atoms with E-state index in [9.17, 15) is 9.59 Å². The standard InChI is InChI=1S/C19H28N2O4/c1-19(2,17(22)20-13-8-6-5-7-9-13)18(23)21-14-10-11-15(24-3)16(12-14)25-4/h10-13H,5-9H2,1-4H3,(H,20,22)(H,21,23). The Balaban J connectivity index is 2.03. The van der Waals surface area contributed by atoms with E-state index in [-0.39, 0.29) is 17.9 Å². The summed E-state index contributed by atoms with van der Waals surface area (Å²) in [6, 6.07) is 5.28. The molecule has 0 aliphatic heterocycles. The second kappa shape index (κ2) is 8.23. The van der Waals surface area contributed by atoms with E-state index in [2.05, 4.69) is 10.6 Å². The molecule has 1 fully saturated rings. The molecular weight excluding hydrogens is 320 g/mol. The first-order valence-electron chi connectivity index (χ1n) is 8.73. The van der Waals surface area contributed by atoms with Gasteiger partial charge in [0.15, 0.2) is 11.5 Å². The molecule has 2 N–H and O–H groups in total. The number of rotatable bonds is 6. The molecule has 1 aromatic carbocycles. The highest BCUT2D eigenvalue weighted by atomic mass is 16.5. The third kappa shape index (κ3) is 4.65. The Bertz CT molecular complexity index is 622. The number of hydrogen-bond donors (Lipinski definition) is 2. The number of methoxy groups -OCH3 is 2. The van der Waals surface area contributed by atoms with Gasteiger partial charge in [-0.3, -0.25) is 9.59 Å². The van der Waals surface area contributed by atoms with Gasteiger partial charge in [-0.2, -0.15) is 0 Å². The molecule has 0 atom stereocenters. The number of nitrogens with one attached hydrogen (secondary N) is 2. The molecular formula is C19H28N2O4. The van der Waals surface area contributed by atoms with Crippen LogP contribution >= 0.6 is 0 Å². The molecule has 1 aliphatic carbocycles. The second-order valence-corrected chi connectivity index (χ2v) is 6.96. The van der Waals surface area contributed by atoms with Crippen LogP contribution in [0.4, 0.5) is 5.69 Å². The van der Waals surface area contributed by atoms with Crippen molar-refractivity contribution in [2.24, 2.45) is 5.41 Å². The third-order valence-electron chi connectivity index (χ3n) is 4.72. The Labute approximate surface area is 149 Å². The molecule has 0 heterocycles. The van der Waals surface area contributed by atoms with E-state index in [1.165, 1.54) is 13.5 Å². The van der Waals surface area contributed by atoms with Crippen molar-refractivity contribution in [1.82, 2.24) is 5.32 Å². The summed E-state index contributed by atoms with van der Waals surface area (Å²) in [6.45, 7) is 3.28. The van der Waals surface area contributed by atoms with Gasteiger partial charge in [-0.15, -0.1) is 0 Å². The fourth-order valence-electron chi connectivity index (χ4n) is 2.92. The normalized spacial score (nSPS) is 15.4. The average Bonchev–Trinajstić information content (AvgIpc) is 2.62. The Morgan fingerprint density at radius 3 is 2.24 bits per heavy atom. The topological polar surface area (TPSA) is 76.7 Å². The van der Waals surface area contributed by atoms with Crippen LogP contribution in [0, 0.1) is 5.41 Å². The number of ether oxygens (including phenoxy) is 2. The van der Waals surface area contributed by atoms with Crippen molar-refractivity contribution in [3.63, 3.8) is 0 Å². The third-order valence-corrected chi connectivity index (χ3v) is 4.72. The van der Waals surface area contributed by atoms with Gasteiger partial charge in [0, 0.05) is 17.8 Å². The number of carbonyl (C=O) groups excluding carboxylic acids is 2. The summed E-state index contributed by atoms with van der Waals surface area (Å²) < 4.78 is 10.4. The second-order valence-electron chi connectivity index (χ2n) is 6.96. The Morgan fingerprint density at radius 2 is 1.64 bits per heavy atom. The lowest BCUT2D eigenvalue weighted by atomic mass is 9.88. The Morgan fingerprint density at radius 1 is 1.00 bits per heavy atom. The van der Waals surface area contributed by atoms with Crippen LogP contribution in [0.1, 0.15) is 46.0 Å². The molecule has 0 radical (unpaired) electrons. The van der Waals surface area contributed by atoms with Gasteiger partial charge in [-0.25, -0.2) is 0 Å². The fourth-order valence-corrected chi connectivity index (χ4v) is 2.92. The number of anilines is 1. The van der Waals surface area contributed by atoms with Crippen LogP contribution in [0.15, 0.2) is 18.2 Å². The lowest BCUT2D eigenvalue weighted by Gasteiger charge is -2.28. The quantitative estimate of drug-likeness (QED) is 0.775. The summed E-state index contributed by atoms with van der Waals surface area (Å²) in [4.78, 5) is 25.2. The van der Waals surface area contributed by atoms with Gasteiger partial charge >= 0.3 is 0 Å². The minimum absolute atomic E-state index is 0.175. The van der Waals surface area contributed by atoms with Gasteiger partial charge < -0.3 is 20.1 Å². The highest BCUT2D eigenvalue weighted by molar-refractivity contribution is 6.10. The monoisotopic (exact) mass is 348 g/mol. The van der Waals surface area contributed by atoms with Gasteiger partial charge in [-0.1, -0.05) is 19.3 Å². The molecule has 138 valence electrons. The Hall–Kier alpha value is -2.24. The fraction of sp³-hybridized carbons (Fsp3) is 0.579. The largest absolute Gasteiger partial charge is 0.493 e. The molecule has 0 bridgehead atoms. The van der Waals surface area contributed by atoms with Crippen molar-refractivity contribution in [1.29, 1.82) is 0 Å². The van der Waals surface area contributed by atoms with Crippen molar-refractivity contribution < 1.29 is 19.1 Å². The maximum Gasteiger partial charge on any atom is 0.239 e. The zero-order valence-electron chi connectivity index (χ0n) is 15.5. The molecule has 2 rings (SSSR count). The number of benzene rings is 1. The minimum Gasteiger partial charge on any atom is -0.493 e. The first-order valence-corrected chi connectivity index (χ1v) is 8.73. The zero-order chi connectivity index (χ0) is 18.4. The molecule has 6 heteroatoms. The summed E-state index contributed by atoms with van der Waals surface area (Å²) in [6.07, 6.45) is 5.44. The van der Waals surface area contributed by atoms with E-state index in [1.54, 1.807) is 39.2 Å². The van der Waals surface area contributed by atoms with Crippen molar-refractivity contribution >= 4 is 17.5 Å². The summed E-state index contributed by atoms with van der Waals surface area (Å²) in [5, 5.41) is 5.81. The zero-order valence-corrected chi connectivity index (χ0v) is 15.5. The van der Waals surface area contributed by atoms with Gasteiger partial charge in [0.1, 0.15) is 5.41 Å². The molecule has 25 heavy (non-hydrogen) atoms. The van der Waals surface area contributed by atoms with Crippen molar-refractivity contribution in [2.45, 2.75) is 52.0 Å².